The Morgan fingerprint density at radius 3 is 1.38 bits per heavy atom. The van der Waals surface area contributed by atoms with Gasteiger partial charge in [0.2, 0.25) is 70.9 Å². The summed E-state index contributed by atoms with van der Waals surface area (Å²) >= 11 is 1.37. The first kappa shape index (κ1) is 75.5. The molecule has 0 aliphatic carbocycles. The van der Waals surface area contributed by atoms with Crippen LogP contribution in [0.15, 0.2) is 72.8 Å². The van der Waals surface area contributed by atoms with Gasteiger partial charge in [-0.25, -0.2) is 0 Å². The summed E-state index contributed by atoms with van der Waals surface area (Å²) in [5, 5.41) is 57.3. The zero-order chi connectivity index (χ0) is 70.5. The molecule has 0 saturated carbocycles. The Kier molecular flexibility index (Phi) is 28.2. The normalized spacial score (nSPS) is 18.5. The Labute approximate surface area is 559 Å². The fraction of sp³-hybridized carbons (Fsp3) is 0.523. The summed E-state index contributed by atoms with van der Waals surface area (Å²) < 4.78 is 0. The van der Waals surface area contributed by atoms with Gasteiger partial charge in [0, 0.05) is 38.9 Å². The van der Waals surface area contributed by atoms with E-state index in [2.05, 4.69) is 37.2 Å². The van der Waals surface area contributed by atoms with Crippen LogP contribution in [0.3, 0.4) is 0 Å². The number of carboxylic acid groups (broad SMARTS) is 1. The minimum absolute atomic E-state index is 0.00705. The SMILES string of the molecule is CSCC[C@H](NC(=O)[C@@H](N)Cc1ccc(O)cc1)C(=O)N[C@@H](CCC(N)=O)C(=O)N[C@@H](Cc1ccc(O)cc1)C(=O)N[C@@H](CC(C)C)C(=O)N[C@@H](CC(N)=O)C(=O)N1CCC[C@H]1C(=O)N1CCC[C@H]1C(=O)N1CCC[C@H]1C(=O)N[C@@H](Cc1ccc(O)cc1)C(=O)N[C@@H](C)C(=O)O. The van der Waals surface area contributed by atoms with Gasteiger partial charge in [-0.2, -0.15) is 11.8 Å². The quantitative estimate of drug-likeness (QED) is 0.0326. The molecule has 3 saturated heterocycles. The molecule has 12 amide bonds. The van der Waals surface area contributed by atoms with Crippen molar-refractivity contribution >= 4 is 88.6 Å². The molecule has 0 unspecified atom stereocenters. The molecule has 6 rings (SSSR count). The third-order valence-electron chi connectivity index (χ3n) is 16.9. The molecule has 3 aliphatic rings. The molecule has 522 valence electrons. The van der Waals surface area contributed by atoms with Crippen LogP contribution in [-0.4, -0.2) is 210 Å². The highest BCUT2D eigenvalue weighted by molar-refractivity contribution is 7.98. The van der Waals surface area contributed by atoms with Gasteiger partial charge in [-0.3, -0.25) is 62.3 Å². The number of rotatable bonds is 34. The first-order valence-corrected chi connectivity index (χ1v) is 33.3. The van der Waals surface area contributed by atoms with Gasteiger partial charge in [-0.15, -0.1) is 0 Å². The van der Waals surface area contributed by atoms with E-state index in [0.29, 0.717) is 41.7 Å². The molecule has 3 heterocycles. The molecule has 0 radical (unpaired) electrons. The molecular weight excluding hydrogens is 1270 g/mol. The van der Waals surface area contributed by atoms with Crippen LogP contribution in [0.4, 0.5) is 0 Å². The molecule has 30 nitrogen and oxygen atoms in total. The number of nitrogens with one attached hydrogen (secondary N) is 7. The minimum Gasteiger partial charge on any atom is -0.508 e. The van der Waals surface area contributed by atoms with E-state index in [0.717, 1.165) is 0 Å². The van der Waals surface area contributed by atoms with Crippen molar-refractivity contribution < 1.29 is 82.8 Å². The van der Waals surface area contributed by atoms with Crippen molar-refractivity contribution in [3.8, 4) is 17.2 Å². The maximum absolute atomic E-state index is 14.8. The number of amides is 12. The number of hydrogen-bond acceptors (Lipinski definition) is 18. The predicted octanol–water partition coefficient (Wildman–Crippen LogP) is -1.43. The molecule has 3 aliphatic heterocycles. The number of aromatic hydroxyl groups is 3. The van der Waals surface area contributed by atoms with Crippen LogP contribution in [0.2, 0.25) is 0 Å². The first-order chi connectivity index (χ1) is 45.5. The number of nitrogens with two attached hydrogens (primary N) is 3. The van der Waals surface area contributed by atoms with Crippen LogP contribution in [0.1, 0.15) is 108 Å². The third kappa shape index (κ3) is 22.0. The maximum atomic E-state index is 14.8. The molecule has 3 fully saturated rings. The Morgan fingerprint density at radius 1 is 0.490 bits per heavy atom. The molecule has 3 aromatic rings. The molecule has 17 N–H and O–H groups in total. The lowest BCUT2D eigenvalue weighted by molar-refractivity contribution is -0.151. The average molecular weight is 1360 g/mol. The molecule has 3 aromatic carbocycles. The van der Waals surface area contributed by atoms with Crippen molar-refractivity contribution in [3.05, 3.63) is 89.5 Å². The van der Waals surface area contributed by atoms with Crippen molar-refractivity contribution in [1.82, 2.24) is 51.9 Å². The van der Waals surface area contributed by atoms with Gasteiger partial charge in [0.1, 0.15) is 77.7 Å². The third-order valence-corrected chi connectivity index (χ3v) is 17.5. The highest BCUT2D eigenvalue weighted by Gasteiger charge is 2.47. The van der Waals surface area contributed by atoms with Crippen LogP contribution in [-0.2, 0) is 81.6 Å². The monoisotopic (exact) mass is 1360 g/mol. The highest BCUT2D eigenvalue weighted by Crippen LogP contribution is 2.30. The summed E-state index contributed by atoms with van der Waals surface area (Å²) in [5.41, 5.74) is 19.0. The number of carbonyl (C=O) groups is 13. The number of aliphatic carboxylic acids is 1. The second-order valence-electron chi connectivity index (χ2n) is 24.8. The lowest BCUT2D eigenvalue weighted by Crippen LogP contribution is -2.61. The van der Waals surface area contributed by atoms with Crippen LogP contribution < -0.4 is 54.4 Å². The number of carboxylic acids is 1. The Hall–Kier alpha value is -9.52. The Balaban J connectivity index is 1.17. The lowest BCUT2D eigenvalue weighted by Gasteiger charge is -2.35. The number of carbonyl (C=O) groups excluding carboxylic acids is 12. The summed E-state index contributed by atoms with van der Waals surface area (Å²) in [7, 11) is 0. The van der Waals surface area contributed by atoms with Gasteiger partial charge < -0.3 is 89.5 Å². The standard InChI is InChI=1S/C65H89N13O17S/c1-35(2)30-46(72-60(89)48(33-39-15-21-42(81)22-16-39)73-56(85)44(23-24-53(67)82)71-57(86)45(25-29-96-4)70-55(84)43(66)31-37-11-17-40(79)18-12-37)59(88)75-49(34-54(68)83)62(91)77-27-6-9-51(77)64(93)78-28-7-10-52(78)63(92)76-26-5-8-50(76)61(90)74-47(58(87)69-36(3)65(94)95)32-38-13-19-41(80)20-14-38/h11-22,35-36,43-52,79-81H,5-10,23-34,66H2,1-4H3,(H2,67,82)(H2,68,83)(H,69,87)(H,70,84)(H,71,86)(H,72,89)(H,73,85)(H,74,90)(H,75,88)(H,94,95)/t36-,43-,44-,45-,46-,47-,48-,49-,50-,51-,52-/m0/s1. The van der Waals surface area contributed by atoms with Crippen molar-refractivity contribution in [2.24, 2.45) is 23.1 Å². The van der Waals surface area contributed by atoms with E-state index in [-0.39, 0.29) is 101 Å². The van der Waals surface area contributed by atoms with Gasteiger partial charge in [0.15, 0.2) is 0 Å². The van der Waals surface area contributed by atoms with E-state index in [4.69, 9.17) is 17.2 Å². The molecule has 11 atom stereocenters. The number of benzene rings is 3. The number of nitrogens with zero attached hydrogens (tertiary/aromatic N) is 3. The fourth-order valence-electron chi connectivity index (χ4n) is 11.8. The summed E-state index contributed by atoms with van der Waals surface area (Å²) in [6.45, 7) is 4.93. The van der Waals surface area contributed by atoms with E-state index >= 15 is 0 Å². The fourth-order valence-corrected chi connectivity index (χ4v) is 12.2. The molecular formula is C65H89N13O17S. The Bertz CT molecular complexity index is 3290. The average Bonchev–Trinajstić information content (AvgIpc) is 1.62. The zero-order valence-electron chi connectivity index (χ0n) is 54.2. The zero-order valence-corrected chi connectivity index (χ0v) is 55.0. The van der Waals surface area contributed by atoms with Crippen molar-refractivity contribution in [2.75, 3.05) is 31.6 Å². The van der Waals surface area contributed by atoms with E-state index < -0.39 is 156 Å². The number of thioether (sulfide) groups is 1. The lowest BCUT2D eigenvalue weighted by atomic mass is 10.00. The summed E-state index contributed by atoms with van der Waals surface area (Å²) in [6, 6.07) is 2.87. The second kappa shape index (κ2) is 35.8. The maximum Gasteiger partial charge on any atom is 0.325 e. The minimum atomic E-state index is -1.69. The van der Waals surface area contributed by atoms with Crippen molar-refractivity contribution in [2.45, 2.75) is 177 Å². The predicted molar refractivity (Wildman–Crippen MR) is 349 cm³/mol. The molecule has 0 aromatic heterocycles. The number of hydrogen-bond donors (Lipinski definition) is 14. The van der Waals surface area contributed by atoms with Crippen molar-refractivity contribution in [1.29, 1.82) is 0 Å². The smallest absolute Gasteiger partial charge is 0.325 e. The molecule has 96 heavy (non-hydrogen) atoms. The Morgan fingerprint density at radius 2 is 0.885 bits per heavy atom. The van der Waals surface area contributed by atoms with E-state index in [1.807, 2.05) is 0 Å². The largest absolute Gasteiger partial charge is 0.508 e. The highest BCUT2D eigenvalue weighted by atomic mass is 32.2. The topological polar surface area (TPSA) is 475 Å². The number of primary amides is 2. The van der Waals surface area contributed by atoms with Gasteiger partial charge in [-0.05, 0) is 142 Å². The van der Waals surface area contributed by atoms with Gasteiger partial charge in [-0.1, -0.05) is 50.2 Å². The van der Waals surface area contributed by atoms with Gasteiger partial charge in [0.05, 0.1) is 12.5 Å². The number of phenolic OH excluding ortho intramolecular Hbond substituents is 3. The van der Waals surface area contributed by atoms with Crippen LogP contribution in [0.5, 0.6) is 17.2 Å². The van der Waals surface area contributed by atoms with Crippen LogP contribution in [0.25, 0.3) is 0 Å². The van der Waals surface area contributed by atoms with E-state index in [9.17, 15) is 82.8 Å². The number of likely N-dealkylation sites (tertiary alicyclic amines) is 3. The summed E-state index contributed by atoms with van der Waals surface area (Å²) in [4.78, 5) is 183. The second-order valence-corrected chi connectivity index (χ2v) is 25.8. The number of phenols is 3. The van der Waals surface area contributed by atoms with E-state index in [1.165, 1.54) is 94.0 Å². The van der Waals surface area contributed by atoms with Crippen LogP contribution in [0, 0.1) is 5.92 Å². The molecule has 0 bridgehead atoms. The molecule has 0 spiro atoms. The molecule has 31 heteroatoms. The van der Waals surface area contributed by atoms with Crippen LogP contribution >= 0.6 is 11.8 Å². The van der Waals surface area contributed by atoms with Gasteiger partial charge in [0.25, 0.3) is 0 Å². The first-order valence-electron chi connectivity index (χ1n) is 32.0. The summed E-state index contributed by atoms with van der Waals surface area (Å²) in [6.07, 6.45) is 1.48. The van der Waals surface area contributed by atoms with E-state index in [1.54, 1.807) is 32.2 Å². The van der Waals surface area contributed by atoms with Gasteiger partial charge >= 0.3 is 5.97 Å². The van der Waals surface area contributed by atoms with Crippen molar-refractivity contribution in [3.63, 3.8) is 0 Å². The summed E-state index contributed by atoms with van der Waals surface area (Å²) in [5.74, 6) is -11.2.